The fourth-order valence-corrected chi connectivity index (χ4v) is 1.36. The third-order valence-corrected chi connectivity index (χ3v) is 2.24. The Morgan fingerprint density at radius 1 is 1.65 bits per heavy atom. The number of alkyl halides is 2. The molecule has 0 bridgehead atoms. The molecule has 6 nitrogen and oxygen atoms in total. The molecular formula is C11H11ClF2N4O2. The molecule has 0 aromatic carbocycles. The zero-order chi connectivity index (χ0) is 15.1. The van der Waals surface area contributed by atoms with E-state index < -0.39 is 18.9 Å². The molecule has 0 aliphatic heterocycles. The van der Waals surface area contributed by atoms with E-state index in [0.29, 0.717) is 0 Å². The smallest absolute Gasteiger partial charge is 0.339 e. The van der Waals surface area contributed by atoms with Gasteiger partial charge in [-0.1, -0.05) is 11.6 Å². The van der Waals surface area contributed by atoms with Crippen molar-refractivity contribution >= 4 is 29.5 Å². The van der Waals surface area contributed by atoms with Gasteiger partial charge in [0.05, 0.1) is 17.9 Å². The molecule has 0 aliphatic carbocycles. The average molecular weight is 305 g/mol. The summed E-state index contributed by atoms with van der Waals surface area (Å²) in [7, 11) is 0. The third-order valence-electron chi connectivity index (χ3n) is 2.03. The number of nitrogens with zero attached hydrogens (tertiary/aromatic N) is 2. The lowest BCUT2D eigenvalue weighted by molar-refractivity contribution is 0.0697. The average Bonchev–Trinajstić information content (AvgIpc) is 2.36. The molecule has 0 fully saturated rings. The largest absolute Gasteiger partial charge is 0.478 e. The van der Waals surface area contributed by atoms with E-state index in [2.05, 4.69) is 15.3 Å². The lowest BCUT2D eigenvalue weighted by Gasteiger charge is -2.09. The van der Waals surface area contributed by atoms with E-state index in [4.69, 9.17) is 22.4 Å². The highest BCUT2D eigenvalue weighted by Crippen LogP contribution is 2.20. The number of pyridine rings is 1. The van der Waals surface area contributed by atoms with Crippen LogP contribution in [0, 0.1) is 0 Å². The van der Waals surface area contributed by atoms with Crippen LogP contribution in [0.1, 0.15) is 10.4 Å². The van der Waals surface area contributed by atoms with Gasteiger partial charge in [0, 0.05) is 18.6 Å². The number of allylic oxidation sites excluding steroid dienone is 1. The highest BCUT2D eigenvalue weighted by atomic mass is 35.5. The summed E-state index contributed by atoms with van der Waals surface area (Å²) in [4.78, 5) is 18.1. The van der Waals surface area contributed by atoms with Crippen molar-refractivity contribution in [2.75, 3.05) is 11.9 Å². The standard InChI is InChI=1S/C11H11ClF2N4O2/c12-9-1-8(7(4-17-9)11(19)20)18-6(2-15)3-16-5-10(13)14/h1-4,10H,5,15H2,(H,17,18)(H,19,20). The van der Waals surface area contributed by atoms with Gasteiger partial charge in [0.2, 0.25) is 0 Å². The Bertz CT molecular complexity index is 549. The van der Waals surface area contributed by atoms with Crippen molar-refractivity contribution in [3.8, 4) is 0 Å². The second kappa shape index (κ2) is 7.39. The molecule has 0 radical (unpaired) electrons. The highest BCUT2D eigenvalue weighted by Gasteiger charge is 2.12. The van der Waals surface area contributed by atoms with Crippen LogP contribution in [0.25, 0.3) is 0 Å². The number of hydrogen-bond acceptors (Lipinski definition) is 5. The summed E-state index contributed by atoms with van der Waals surface area (Å²) in [5.41, 5.74) is 5.43. The lowest BCUT2D eigenvalue weighted by atomic mass is 10.2. The van der Waals surface area contributed by atoms with E-state index in [0.717, 1.165) is 18.6 Å². The molecule has 0 saturated carbocycles. The highest BCUT2D eigenvalue weighted by molar-refractivity contribution is 6.29. The summed E-state index contributed by atoms with van der Waals surface area (Å²) in [6.45, 7) is -0.679. The number of carbonyl (C=O) groups is 1. The van der Waals surface area contributed by atoms with Crippen molar-refractivity contribution in [3.63, 3.8) is 0 Å². The summed E-state index contributed by atoms with van der Waals surface area (Å²) in [5, 5.41) is 11.7. The molecule has 0 spiro atoms. The van der Waals surface area contributed by atoms with Gasteiger partial charge < -0.3 is 16.2 Å². The van der Waals surface area contributed by atoms with E-state index >= 15 is 0 Å². The number of aromatic carboxylic acids is 1. The predicted molar refractivity (Wildman–Crippen MR) is 71.5 cm³/mol. The van der Waals surface area contributed by atoms with Crippen molar-refractivity contribution in [3.05, 3.63) is 34.9 Å². The van der Waals surface area contributed by atoms with Crippen LogP contribution in [0.5, 0.6) is 0 Å². The maximum absolute atomic E-state index is 12.0. The Kier molecular flexibility index (Phi) is 5.85. The van der Waals surface area contributed by atoms with Gasteiger partial charge >= 0.3 is 5.97 Å². The van der Waals surface area contributed by atoms with Crippen LogP contribution in [0.3, 0.4) is 0 Å². The van der Waals surface area contributed by atoms with Crippen LogP contribution < -0.4 is 11.1 Å². The van der Waals surface area contributed by atoms with E-state index in [1.54, 1.807) is 0 Å². The number of halogens is 3. The van der Waals surface area contributed by atoms with Crippen molar-refractivity contribution in [2.45, 2.75) is 6.43 Å². The second-order valence-corrected chi connectivity index (χ2v) is 3.88. The minimum Gasteiger partial charge on any atom is -0.478 e. The summed E-state index contributed by atoms with van der Waals surface area (Å²) in [5.74, 6) is -1.22. The topological polar surface area (TPSA) is 101 Å². The first-order chi connectivity index (χ1) is 9.43. The quantitative estimate of drug-likeness (QED) is 0.551. The zero-order valence-electron chi connectivity index (χ0n) is 10.1. The minimum absolute atomic E-state index is 0.0680. The van der Waals surface area contributed by atoms with E-state index in [1.165, 1.54) is 6.07 Å². The minimum atomic E-state index is -2.57. The monoisotopic (exact) mass is 304 g/mol. The molecule has 9 heteroatoms. The number of carboxylic acid groups (broad SMARTS) is 1. The number of aliphatic imine (C=N–C) groups is 1. The first kappa shape index (κ1) is 15.8. The molecule has 0 saturated heterocycles. The van der Waals surface area contributed by atoms with Gasteiger partial charge in [-0.2, -0.15) is 0 Å². The third kappa shape index (κ3) is 4.81. The molecular weight excluding hydrogens is 294 g/mol. The fourth-order valence-electron chi connectivity index (χ4n) is 1.21. The summed E-state index contributed by atoms with van der Waals surface area (Å²) < 4.78 is 23.9. The molecule has 1 heterocycles. The normalized spacial score (nSPS) is 12.1. The molecule has 108 valence electrons. The second-order valence-electron chi connectivity index (χ2n) is 3.49. The van der Waals surface area contributed by atoms with Crippen molar-refractivity contribution in [2.24, 2.45) is 10.7 Å². The van der Waals surface area contributed by atoms with Crippen LogP contribution >= 0.6 is 11.6 Å². The molecule has 0 unspecified atom stereocenters. The fraction of sp³-hybridized carbons (Fsp3) is 0.182. The van der Waals surface area contributed by atoms with Crippen LogP contribution in [-0.4, -0.2) is 35.2 Å². The Morgan fingerprint density at radius 3 is 2.90 bits per heavy atom. The number of aromatic nitrogens is 1. The van der Waals surface area contributed by atoms with Gasteiger partial charge in [-0.15, -0.1) is 0 Å². The van der Waals surface area contributed by atoms with E-state index in [1.807, 2.05) is 0 Å². The van der Waals surface area contributed by atoms with Gasteiger partial charge in [-0.25, -0.2) is 18.6 Å². The number of hydrogen-bond donors (Lipinski definition) is 3. The van der Waals surface area contributed by atoms with Crippen LogP contribution in [0.2, 0.25) is 5.15 Å². The SMILES string of the molecule is NC=C(C=NCC(F)F)Nc1cc(Cl)ncc1C(=O)O. The van der Waals surface area contributed by atoms with Crippen molar-refractivity contribution in [1.82, 2.24) is 4.98 Å². The number of nitrogens with one attached hydrogen (secondary N) is 1. The van der Waals surface area contributed by atoms with Gasteiger partial charge in [0.1, 0.15) is 10.7 Å². The first-order valence-electron chi connectivity index (χ1n) is 5.29. The van der Waals surface area contributed by atoms with E-state index in [9.17, 15) is 13.6 Å². The summed E-state index contributed by atoms with van der Waals surface area (Å²) in [6.07, 6.45) is 0.633. The lowest BCUT2D eigenvalue weighted by Crippen LogP contribution is -2.10. The Hall–Kier alpha value is -2.22. The Labute approximate surface area is 118 Å². The van der Waals surface area contributed by atoms with E-state index in [-0.39, 0.29) is 22.1 Å². The maximum atomic E-state index is 12.0. The molecule has 20 heavy (non-hydrogen) atoms. The number of anilines is 1. The van der Waals surface area contributed by atoms with Gasteiger partial charge in [0.15, 0.2) is 0 Å². The number of nitrogens with two attached hydrogens (primary N) is 1. The summed E-state index contributed by atoms with van der Waals surface area (Å²) >= 11 is 5.67. The number of carboxylic acids is 1. The maximum Gasteiger partial charge on any atom is 0.339 e. The molecule has 0 atom stereocenters. The molecule has 4 N–H and O–H groups in total. The van der Waals surface area contributed by atoms with Crippen molar-refractivity contribution < 1.29 is 18.7 Å². The predicted octanol–water partition coefficient (Wildman–Crippen LogP) is 1.98. The molecule has 0 aliphatic rings. The number of rotatable bonds is 6. The van der Waals surface area contributed by atoms with Gasteiger partial charge in [-0.05, 0) is 6.07 Å². The Morgan fingerprint density at radius 2 is 2.35 bits per heavy atom. The zero-order valence-corrected chi connectivity index (χ0v) is 10.8. The van der Waals surface area contributed by atoms with Crippen LogP contribution in [0.15, 0.2) is 29.2 Å². The molecule has 0 amide bonds. The van der Waals surface area contributed by atoms with Gasteiger partial charge in [0.25, 0.3) is 6.43 Å². The molecule has 1 aromatic rings. The van der Waals surface area contributed by atoms with Crippen LogP contribution in [-0.2, 0) is 0 Å². The van der Waals surface area contributed by atoms with Crippen molar-refractivity contribution in [1.29, 1.82) is 0 Å². The molecule has 1 aromatic heterocycles. The van der Waals surface area contributed by atoms with Crippen LogP contribution in [0.4, 0.5) is 14.5 Å². The van der Waals surface area contributed by atoms with Gasteiger partial charge in [-0.3, -0.25) is 4.99 Å². The molecule has 1 rings (SSSR count). The first-order valence-corrected chi connectivity index (χ1v) is 5.67. The Balaban J connectivity index is 2.93. The summed E-state index contributed by atoms with van der Waals surface area (Å²) in [6, 6.07) is 1.27.